The molecule has 2 N–H and O–H groups in total. The molecule has 1 unspecified atom stereocenters. The summed E-state index contributed by atoms with van der Waals surface area (Å²) in [7, 11) is -3.05. The summed E-state index contributed by atoms with van der Waals surface area (Å²) in [5.74, 6) is -0.0368. The minimum Gasteiger partial charge on any atom is -0.350 e. The van der Waals surface area contributed by atoms with Crippen LogP contribution in [0, 0.1) is 0 Å². The zero-order chi connectivity index (χ0) is 17.9. The highest BCUT2D eigenvalue weighted by Gasteiger charge is 2.29. The third-order valence-electron chi connectivity index (χ3n) is 3.85. The monoisotopic (exact) mass is 380 g/mol. The Labute approximate surface area is 150 Å². The van der Waals surface area contributed by atoms with E-state index in [1.807, 2.05) is 18.2 Å². The molecule has 0 bridgehead atoms. The summed E-state index contributed by atoms with van der Waals surface area (Å²) >= 11 is 6.10. The van der Waals surface area contributed by atoms with Crippen LogP contribution in [0.4, 0.5) is 5.95 Å². The van der Waals surface area contributed by atoms with Gasteiger partial charge in [0.25, 0.3) is 5.91 Å². The van der Waals surface area contributed by atoms with E-state index in [0.717, 1.165) is 5.56 Å². The number of benzene rings is 1. The molecule has 1 aliphatic heterocycles. The lowest BCUT2D eigenvalue weighted by molar-refractivity contribution is 0.0936. The van der Waals surface area contributed by atoms with Crippen LogP contribution in [0.3, 0.4) is 0 Å². The van der Waals surface area contributed by atoms with Crippen molar-refractivity contribution < 1.29 is 13.2 Å². The van der Waals surface area contributed by atoms with Crippen molar-refractivity contribution in [2.24, 2.45) is 0 Å². The first-order valence-corrected chi connectivity index (χ1v) is 9.94. The summed E-state index contributed by atoms with van der Waals surface area (Å²) in [4.78, 5) is 20.5. The molecular formula is C16H17ClN4O3S. The van der Waals surface area contributed by atoms with Crippen LogP contribution < -0.4 is 10.6 Å². The van der Waals surface area contributed by atoms with Gasteiger partial charge >= 0.3 is 0 Å². The van der Waals surface area contributed by atoms with Gasteiger partial charge in [0.1, 0.15) is 5.69 Å². The Morgan fingerprint density at radius 1 is 1.28 bits per heavy atom. The van der Waals surface area contributed by atoms with Gasteiger partial charge in [-0.15, -0.1) is 0 Å². The molecule has 1 aromatic heterocycles. The largest absolute Gasteiger partial charge is 0.350 e. The second kappa shape index (κ2) is 7.37. The number of halogens is 1. The number of aromatic nitrogens is 2. The lowest BCUT2D eigenvalue weighted by atomic mass is 10.2. The summed E-state index contributed by atoms with van der Waals surface area (Å²) < 4.78 is 22.9. The van der Waals surface area contributed by atoms with Crippen molar-refractivity contribution in [2.45, 2.75) is 19.0 Å². The number of sulfone groups is 1. The van der Waals surface area contributed by atoms with E-state index in [-0.39, 0.29) is 23.2 Å². The van der Waals surface area contributed by atoms with E-state index in [9.17, 15) is 13.2 Å². The van der Waals surface area contributed by atoms with Crippen LogP contribution >= 0.6 is 11.6 Å². The summed E-state index contributed by atoms with van der Waals surface area (Å²) in [6, 6.07) is 8.51. The predicted molar refractivity (Wildman–Crippen MR) is 95.3 cm³/mol. The van der Waals surface area contributed by atoms with Crippen molar-refractivity contribution in [3.63, 3.8) is 0 Å². The second-order valence-electron chi connectivity index (χ2n) is 5.78. The van der Waals surface area contributed by atoms with E-state index in [1.54, 1.807) is 6.07 Å². The Hall–Kier alpha value is -2.19. The van der Waals surface area contributed by atoms with Crippen molar-refractivity contribution in [1.82, 2.24) is 15.3 Å². The molecule has 9 heteroatoms. The van der Waals surface area contributed by atoms with Gasteiger partial charge in [-0.25, -0.2) is 18.4 Å². The average molecular weight is 381 g/mol. The Morgan fingerprint density at radius 3 is 2.80 bits per heavy atom. The van der Waals surface area contributed by atoms with Gasteiger partial charge in [-0.3, -0.25) is 4.79 Å². The van der Waals surface area contributed by atoms with Gasteiger partial charge in [0.05, 0.1) is 11.5 Å². The summed E-state index contributed by atoms with van der Waals surface area (Å²) in [6.07, 6.45) is 1.90. The number of hydrogen-bond donors (Lipinski definition) is 2. The number of anilines is 1. The van der Waals surface area contributed by atoms with E-state index in [4.69, 9.17) is 11.6 Å². The minimum atomic E-state index is -3.05. The zero-order valence-electron chi connectivity index (χ0n) is 13.3. The Kier molecular flexibility index (Phi) is 5.19. The molecule has 132 valence electrons. The second-order valence-corrected chi connectivity index (χ2v) is 8.42. The van der Waals surface area contributed by atoms with Gasteiger partial charge in [0.2, 0.25) is 5.95 Å². The Morgan fingerprint density at radius 2 is 2.08 bits per heavy atom. The Balaban J connectivity index is 1.63. The molecule has 0 aliphatic carbocycles. The molecule has 7 nitrogen and oxygen atoms in total. The summed E-state index contributed by atoms with van der Waals surface area (Å²) in [6.45, 7) is 0.422. The van der Waals surface area contributed by atoms with Crippen LogP contribution in [0.15, 0.2) is 36.5 Å². The van der Waals surface area contributed by atoms with Crippen LogP contribution in [0.25, 0.3) is 0 Å². The third-order valence-corrected chi connectivity index (χ3v) is 5.99. The third kappa shape index (κ3) is 4.67. The van der Waals surface area contributed by atoms with E-state index >= 15 is 0 Å². The first-order chi connectivity index (χ1) is 11.9. The maximum Gasteiger partial charge on any atom is 0.270 e. The molecule has 2 aromatic rings. The molecule has 1 aromatic carbocycles. The SMILES string of the molecule is O=C(NC1CCS(=O)(=O)C1)c1ccnc(NCc2ccccc2Cl)n1. The van der Waals surface area contributed by atoms with Gasteiger partial charge in [-0.2, -0.15) is 0 Å². The van der Waals surface area contributed by atoms with Gasteiger partial charge in [0.15, 0.2) is 9.84 Å². The highest BCUT2D eigenvalue weighted by Crippen LogP contribution is 2.16. The van der Waals surface area contributed by atoms with Crippen LogP contribution in [-0.2, 0) is 16.4 Å². The van der Waals surface area contributed by atoms with E-state index < -0.39 is 15.7 Å². The molecule has 0 spiro atoms. The minimum absolute atomic E-state index is 0.0264. The number of carbonyl (C=O) groups excluding carboxylic acids is 1. The average Bonchev–Trinajstić information content (AvgIpc) is 2.93. The fraction of sp³-hybridized carbons (Fsp3) is 0.312. The van der Waals surface area contributed by atoms with E-state index in [0.29, 0.717) is 23.9 Å². The highest BCUT2D eigenvalue weighted by atomic mass is 35.5. The fourth-order valence-electron chi connectivity index (χ4n) is 2.55. The molecule has 1 atom stereocenters. The van der Waals surface area contributed by atoms with Crippen molar-refractivity contribution >= 4 is 33.3 Å². The molecule has 1 saturated heterocycles. The van der Waals surface area contributed by atoms with E-state index in [1.165, 1.54) is 12.3 Å². The molecule has 0 radical (unpaired) electrons. The topological polar surface area (TPSA) is 101 Å². The number of carbonyl (C=O) groups is 1. The molecule has 0 saturated carbocycles. The quantitative estimate of drug-likeness (QED) is 0.818. The highest BCUT2D eigenvalue weighted by molar-refractivity contribution is 7.91. The van der Waals surface area contributed by atoms with Gasteiger partial charge in [-0.1, -0.05) is 29.8 Å². The van der Waals surface area contributed by atoms with Crippen LogP contribution in [0.5, 0.6) is 0 Å². The van der Waals surface area contributed by atoms with Crippen molar-refractivity contribution in [2.75, 3.05) is 16.8 Å². The van der Waals surface area contributed by atoms with Gasteiger partial charge < -0.3 is 10.6 Å². The molecule has 3 rings (SSSR count). The normalized spacial score (nSPS) is 18.7. The lowest BCUT2D eigenvalue weighted by Crippen LogP contribution is -2.36. The zero-order valence-corrected chi connectivity index (χ0v) is 14.8. The number of nitrogens with one attached hydrogen (secondary N) is 2. The predicted octanol–water partition coefficient (Wildman–Crippen LogP) is 1.66. The molecule has 1 fully saturated rings. The number of rotatable bonds is 5. The Bertz CT molecular complexity index is 888. The maximum atomic E-state index is 12.2. The first kappa shape index (κ1) is 17.6. The standard InChI is InChI=1S/C16H17ClN4O3S/c17-13-4-2-1-3-11(13)9-19-16-18-7-5-14(21-16)15(22)20-12-6-8-25(23,24)10-12/h1-5,7,12H,6,8-10H2,(H,20,22)(H,18,19,21). The molecule has 2 heterocycles. The summed E-state index contributed by atoms with van der Waals surface area (Å²) in [5.41, 5.74) is 1.07. The summed E-state index contributed by atoms with van der Waals surface area (Å²) in [5, 5.41) is 6.36. The van der Waals surface area contributed by atoms with Crippen molar-refractivity contribution in [3.8, 4) is 0 Å². The van der Waals surface area contributed by atoms with Gasteiger partial charge in [0, 0.05) is 23.8 Å². The van der Waals surface area contributed by atoms with Crippen LogP contribution in [-0.4, -0.2) is 41.8 Å². The van der Waals surface area contributed by atoms with E-state index in [2.05, 4.69) is 20.6 Å². The number of nitrogens with zero attached hydrogens (tertiary/aromatic N) is 2. The molecule has 1 amide bonds. The smallest absolute Gasteiger partial charge is 0.270 e. The van der Waals surface area contributed by atoms with Crippen molar-refractivity contribution in [1.29, 1.82) is 0 Å². The molecule has 25 heavy (non-hydrogen) atoms. The van der Waals surface area contributed by atoms with Crippen LogP contribution in [0.2, 0.25) is 5.02 Å². The van der Waals surface area contributed by atoms with Crippen molar-refractivity contribution in [3.05, 3.63) is 52.8 Å². The molecular weight excluding hydrogens is 364 g/mol. The van der Waals surface area contributed by atoms with Gasteiger partial charge in [-0.05, 0) is 24.1 Å². The number of amides is 1. The molecule has 1 aliphatic rings. The fourth-order valence-corrected chi connectivity index (χ4v) is 4.43. The first-order valence-electron chi connectivity index (χ1n) is 7.74. The maximum absolute atomic E-state index is 12.2. The van der Waals surface area contributed by atoms with Crippen LogP contribution in [0.1, 0.15) is 22.5 Å². The number of hydrogen-bond acceptors (Lipinski definition) is 6. The lowest BCUT2D eigenvalue weighted by Gasteiger charge is -2.11.